The summed E-state index contributed by atoms with van der Waals surface area (Å²) in [7, 11) is 0. The van der Waals surface area contributed by atoms with Gasteiger partial charge in [-0.2, -0.15) is 0 Å². The minimum absolute atomic E-state index is 0.120. The predicted molar refractivity (Wildman–Crippen MR) is 71.5 cm³/mol. The Kier molecular flexibility index (Phi) is 4.20. The molecule has 2 unspecified atom stereocenters. The van der Waals surface area contributed by atoms with E-state index in [-0.39, 0.29) is 18.1 Å². The Morgan fingerprint density at radius 2 is 1.89 bits per heavy atom. The molecule has 1 aromatic carbocycles. The van der Waals surface area contributed by atoms with Crippen LogP contribution in [0.3, 0.4) is 0 Å². The summed E-state index contributed by atoms with van der Waals surface area (Å²) in [5.74, 6) is 0.126. The van der Waals surface area contributed by atoms with Gasteiger partial charge in [0, 0.05) is 18.8 Å². The fraction of sp³-hybridized carbons (Fsp3) is 0.500. The van der Waals surface area contributed by atoms with E-state index in [1.807, 2.05) is 49.1 Å². The number of nitrogens with one attached hydrogen (secondary N) is 1. The Morgan fingerprint density at radius 1 is 1.28 bits per heavy atom. The van der Waals surface area contributed by atoms with Crippen LogP contribution in [0.25, 0.3) is 0 Å². The van der Waals surface area contributed by atoms with Crippen molar-refractivity contribution in [3.63, 3.8) is 0 Å². The molecule has 4 nitrogen and oxygen atoms in total. The lowest BCUT2D eigenvalue weighted by molar-refractivity contribution is -0.141. The monoisotopic (exact) mass is 248 g/mol. The van der Waals surface area contributed by atoms with E-state index in [0.717, 1.165) is 5.69 Å². The van der Waals surface area contributed by atoms with Crippen LogP contribution in [-0.2, 0) is 9.53 Å². The second kappa shape index (κ2) is 5.87. The topological polar surface area (TPSA) is 41.6 Å². The molecular weight excluding hydrogens is 228 g/mol. The van der Waals surface area contributed by atoms with Crippen molar-refractivity contribution >= 4 is 11.6 Å². The quantitative estimate of drug-likeness (QED) is 0.886. The number of benzene rings is 1. The molecule has 0 radical (unpaired) electrons. The number of carbonyl (C=O) groups is 1. The standard InChI is InChI=1S/C14H20N2O2/c1-11-9-16(10-12(2)18-11)14(17)8-15-13-6-4-3-5-7-13/h3-7,11-12,15H,8-10H2,1-2H3. The van der Waals surface area contributed by atoms with Crippen LogP contribution < -0.4 is 5.32 Å². The van der Waals surface area contributed by atoms with Crippen LogP contribution in [0.2, 0.25) is 0 Å². The van der Waals surface area contributed by atoms with Gasteiger partial charge in [0.25, 0.3) is 0 Å². The zero-order valence-corrected chi connectivity index (χ0v) is 10.9. The Hall–Kier alpha value is -1.55. The van der Waals surface area contributed by atoms with E-state index in [4.69, 9.17) is 4.74 Å². The van der Waals surface area contributed by atoms with Crippen molar-refractivity contribution in [1.29, 1.82) is 0 Å². The summed E-state index contributed by atoms with van der Waals surface area (Å²) in [6.07, 6.45) is 0.240. The van der Waals surface area contributed by atoms with Gasteiger partial charge >= 0.3 is 0 Å². The molecule has 2 atom stereocenters. The van der Waals surface area contributed by atoms with Crippen molar-refractivity contribution in [2.45, 2.75) is 26.1 Å². The summed E-state index contributed by atoms with van der Waals surface area (Å²) in [5.41, 5.74) is 0.972. The molecule has 1 saturated heterocycles. The first-order valence-corrected chi connectivity index (χ1v) is 6.37. The molecule has 18 heavy (non-hydrogen) atoms. The Morgan fingerprint density at radius 3 is 2.50 bits per heavy atom. The Balaban J connectivity index is 1.84. The third-order valence-electron chi connectivity index (χ3n) is 2.99. The fourth-order valence-electron chi connectivity index (χ4n) is 2.23. The first-order chi connectivity index (χ1) is 8.65. The molecule has 1 N–H and O–H groups in total. The number of amides is 1. The van der Waals surface area contributed by atoms with Crippen LogP contribution in [0.1, 0.15) is 13.8 Å². The Bertz CT molecular complexity index is 384. The predicted octanol–water partition coefficient (Wildman–Crippen LogP) is 1.73. The second-order valence-electron chi connectivity index (χ2n) is 4.78. The number of rotatable bonds is 3. The summed E-state index contributed by atoms with van der Waals surface area (Å²) in [5, 5.41) is 3.14. The fourth-order valence-corrected chi connectivity index (χ4v) is 2.23. The van der Waals surface area contributed by atoms with Gasteiger partial charge in [0.15, 0.2) is 0 Å². The van der Waals surface area contributed by atoms with Crippen molar-refractivity contribution in [2.24, 2.45) is 0 Å². The molecule has 0 aliphatic carbocycles. The van der Waals surface area contributed by atoms with Crippen LogP contribution in [0, 0.1) is 0 Å². The van der Waals surface area contributed by atoms with Crippen LogP contribution in [-0.4, -0.2) is 42.6 Å². The highest BCUT2D eigenvalue weighted by atomic mass is 16.5. The molecular formula is C14H20N2O2. The number of para-hydroxylation sites is 1. The number of hydrogen-bond donors (Lipinski definition) is 1. The van der Waals surface area contributed by atoms with Gasteiger partial charge in [-0.25, -0.2) is 0 Å². The number of nitrogens with zero attached hydrogens (tertiary/aromatic N) is 1. The molecule has 1 fully saturated rings. The van der Waals surface area contributed by atoms with Crippen LogP contribution in [0.5, 0.6) is 0 Å². The SMILES string of the molecule is CC1CN(C(=O)CNc2ccccc2)CC(C)O1. The second-order valence-corrected chi connectivity index (χ2v) is 4.78. The van der Waals surface area contributed by atoms with E-state index in [9.17, 15) is 4.79 Å². The number of ether oxygens (including phenoxy) is 1. The molecule has 2 rings (SSSR count). The summed E-state index contributed by atoms with van der Waals surface area (Å²) in [4.78, 5) is 13.9. The molecule has 0 aromatic heterocycles. The first-order valence-electron chi connectivity index (χ1n) is 6.37. The zero-order valence-electron chi connectivity index (χ0n) is 10.9. The molecule has 98 valence electrons. The zero-order chi connectivity index (χ0) is 13.0. The maximum absolute atomic E-state index is 12.1. The summed E-state index contributed by atoms with van der Waals surface area (Å²) in [6, 6.07) is 9.77. The normalized spacial score (nSPS) is 23.8. The summed E-state index contributed by atoms with van der Waals surface area (Å²) < 4.78 is 5.62. The summed E-state index contributed by atoms with van der Waals surface area (Å²) >= 11 is 0. The van der Waals surface area contributed by atoms with Crippen molar-refractivity contribution in [3.8, 4) is 0 Å². The van der Waals surface area contributed by atoms with E-state index < -0.39 is 0 Å². The lowest BCUT2D eigenvalue weighted by atomic mass is 10.2. The summed E-state index contributed by atoms with van der Waals surface area (Å²) in [6.45, 7) is 5.70. The molecule has 1 aliphatic rings. The van der Waals surface area contributed by atoms with Crippen LogP contribution in [0.4, 0.5) is 5.69 Å². The maximum Gasteiger partial charge on any atom is 0.242 e. The molecule has 4 heteroatoms. The molecule has 1 aromatic rings. The molecule has 0 saturated carbocycles. The molecule has 0 bridgehead atoms. The van der Waals surface area contributed by atoms with Gasteiger partial charge in [-0.1, -0.05) is 18.2 Å². The van der Waals surface area contributed by atoms with E-state index in [1.54, 1.807) is 0 Å². The van der Waals surface area contributed by atoms with E-state index in [0.29, 0.717) is 19.6 Å². The highest BCUT2D eigenvalue weighted by Gasteiger charge is 2.25. The average Bonchev–Trinajstić information content (AvgIpc) is 2.36. The van der Waals surface area contributed by atoms with Gasteiger partial charge in [-0.3, -0.25) is 4.79 Å². The van der Waals surface area contributed by atoms with E-state index >= 15 is 0 Å². The van der Waals surface area contributed by atoms with Gasteiger partial charge in [-0.05, 0) is 26.0 Å². The Labute approximate surface area is 108 Å². The largest absolute Gasteiger partial charge is 0.376 e. The highest BCUT2D eigenvalue weighted by molar-refractivity contribution is 5.81. The highest BCUT2D eigenvalue weighted by Crippen LogP contribution is 2.11. The number of hydrogen-bond acceptors (Lipinski definition) is 3. The third-order valence-corrected chi connectivity index (χ3v) is 2.99. The molecule has 1 aliphatic heterocycles. The molecule has 0 spiro atoms. The molecule has 1 amide bonds. The third kappa shape index (κ3) is 3.47. The number of anilines is 1. The lowest BCUT2D eigenvalue weighted by Crippen LogP contribution is -2.49. The smallest absolute Gasteiger partial charge is 0.242 e. The van der Waals surface area contributed by atoms with Gasteiger partial charge in [-0.15, -0.1) is 0 Å². The maximum atomic E-state index is 12.1. The minimum atomic E-state index is 0.120. The average molecular weight is 248 g/mol. The van der Waals surface area contributed by atoms with Crippen molar-refractivity contribution in [3.05, 3.63) is 30.3 Å². The van der Waals surface area contributed by atoms with Crippen LogP contribution in [0.15, 0.2) is 30.3 Å². The van der Waals surface area contributed by atoms with Gasteiger partial charge < -0.3 is 15.0 Å². The number of carbonyl (C=O) groups excluding carboxylic acids is 1. The number of morpholine rings is 1. The van der Waals surface area contributed by atoms with Gasteiger partial charge in [0.05, 0.1) is 18.8 Å². The van der Waals surface area contributed by atoms with Gasteiger partial charge in [0.2, 0.25) is 5.91 Å². The lowest BCUT2D eigenvalue weighted by Gasteiger charge is -2.35. The van der Waals surface area contributed by atoms with Gasteiger partial charge in [0.1, 0.15) is 0 Å². The molecule has 1 heterocycles. The van der Waals surface area contributed by atoms with Crippen molar-refractivity contribution in [2.75, 3.05) is 25.0 Å². The van der Waals surface area contributed by atoms with Crippen molar-refractivity contribution in [1.82, 2.24) is 4.90 Å². The van der Waals surface area contributed by atoms with E-state index in [1.165, 1.54) is 0 Å². The minimum Gasteiger partial charge on any atom is -0.376 e. The van der Waals surface area contributed by atoms with Crippen LogP contribution >= 0.6 is 0 Å². The van der Waals surface area contributed by atoms with Crippen molar-refractivity contribution < 1.29 is 9.53 Å². The van der Waals surface area contributed by atoms with E-state index in [2.05, 4.69) is 5.32 Å². The first kappa shape index (κ1) is 12.9.